The second-order valence-corrected chi connectivity index (χ2v) is 6.94. The Bertz CT molecular complexity index is 746. The van der Waals surface area contributed by atoms with Gasteiger partial charge in [-0.1, -0.05) is 12.1 Å². The molecule has 2 aromatic carbocycles. The Labute approximate surface area is 154 Å². The van der Waals surface area contributed by atoms with Crippen LogP contribution in [0.5, 0.6) is 5.75 Å². The third-order valence-corrected chi connectivity index (χ3v) is 4.72. The topological polar surface area (TPSA) is 32.8 Å². The number of anilines is 1. The second-order valence-electron chi connectivity index (χ2n) is 6.94. The molecule has 0 unspecified atom stereocenters. The molecule has 1 amide bonds. The van der Waals surface area contributed by atoms with E-state index in [0.29, 0.717) is 18.9 Å². The molecule has 0 saturated carbocycles. The Morgan fingerprint density at radius 1 is 1.19 bits per heavy atom. The largest absolute Gasteiger partial charge is 0.493 e. The van der Waals surface area contributed by atoms with Crippen molar-refractivity contribution in [3.05, 3.63) is 59.9 Å². The van der Waals surface area contributed by atoms with Crippen LogP contribution in [0.3, 0.4) is 0 Å². The monoisotopic (exact) mass is 356 g/mol. The minimum atomic E-state index is -0.272. The van der Waals surface area contributed by atoms with Crippen LogP contribution in [-0.4, -0.2) is 44.6 Å². The minimum absolute atomic E-state index is 0.0702. The van der Waals surface area contributed by atoms with Gasteiger partial charge in [-0.3, -0.25) is 4.79 Å². The van der Waals surface area contributed by atoms with Gasteiger partial charge in [-0.25, -0.2) is 4.39 Å². The highest BCUT2D eigenvalue weighted by molar-refractivity contribution is 5.99. The third kappa shape index (κ3) is 4.34. The second kappa shape index (κ2) is 8.21. The van der Waals surface area contributed by atoms with Crippen molar-refractivity contribution in [3.8, 4) is 5.75 Å². The highest BCUT2D eigenvalue weighted by atomic mass is 19.1. The van der Waals surface area contributed by atoms with Crippen molar-refractivity contribution < 1.29 is 13.9 Å². The number of benzene rings is 2. The van der Waals surface area contributed by atoms with Gasteiger partial charge in [0.2, 0.25) is 0 Å². The lowest BCUT2D eigenvalue weighted by molar-refractivity contribution is 0.0634. The summed E-state index contributed by atoms with van der Waals surface area (Å²) in [6.45, 7) is 1.99. The smallest absolute Gasteiger partial charge is 0.255 e. The Balaban J connectivity index is 1.63. The van der Waals surface area contributed by atoms with Crippen molar-refractivity contribution in [2.24, 2.45) is 5.92 Å². The number of carbonyl (C=O) groups excluding carboxylic acids is 1. The third-order valence-electron chi connectivity index (χ3n) is 4.72. The van der Waals surface area contributed by atoms with Crippen molar-refractivity contribution in [2.75, 3.05) is 38.7 Å². The summed E-state index contributed by atoms with van der Waals surface area (Å²) < 4.78 is 18.8. The van der Waals surface area contributed by atoms with Crippen LogP contribution in [0.4, 0.5) is 10.1 Å². The Kier molecular flexibility index (Phi) is 5.76. The van der Waals surface area contributed by atoms with Crippen molar-refractivity contribution in [2.45, 2.75) is 12.8 Å². The summed E-state index contributed by atoms with van der Waals surface area (Å²) in [4.78, 5) is 16.9. The molecule has 1 atom stereocenters. The van der Waals surface area contributed by atoms with Gasteiger partial charge in [-0.2, -0.15) is 0 Å². The van der Waals surface area contributed by atoms with Crippen molar-refractivity contribution in [1.29, 1.82) is 0 Å². The first-order valence-electron chi connectivity index (χ1n) is 8.98. The van der Waals surface area contributed by atoms with Crippen LogP contribution >= 0.6 is 0 Å². The standard InChI is InChI=1S/C21H25FN2O2/c1-23(2)20-8-4-3-7-19(20)21(25)24-13-5-6-16(14-24)15-26-18-11-9-17(22)10-12-18/h3-4,7-12,16H,5-6,13-15H2,1-2H3/t16-/m1/s1. The zero-order valence-corrected chi connectivity index (χ0v) is 15.3. The summed E-state index contributed by atoms with van der Waals surface area (Å²) in [5.74, 6) is 0.740. The van der Waals surface area contributed by atoms with Gasteiger partial charge in [0.1, 0.15) is 11.6 Å². The van der Waals surface area contributed by atoms with Gasteiger partial charge in [-0.15, -0.1) is 0 Å². The molecule has 2 aromatic rings. The predicted octanol–water partition coefficient (Wildman–Crippen LogP) is 3.82. The number of ether oxygens (including phenoxy) is 1. The minimum Gasteiger partial charge on any atom is -0.493 e. The molecule has 5 heteroatoms. The van der Waals surface area contributed by atoms with E-state index in [9.17, 15) is 9.18 Å². The maximum atomic E-state index is 13.0. The first-order chi connectivity index (χ1) is 12.5. The van der Waals surface area contributed by atoms with Gasteiger partial charge in [0.25, 0.3) is 5.91 Å². The van der Waals surface area contributed by atoms with Crippen LogP contribution in [0.25, 0.3) is 0 Å². The first kappa shape index (κ1) is 18.2. The van der Waals surface area contributed by atoms with Crippen LogP contribution in [-0.2, 0) is 0 Å². The van der Waals surface area contributed by atoms with Crippen molar-refractivity contribution in [3.63, 3.8) is 0 Å². The van der Waals surface area contributed by atoms with Crippen molar-refractivity contribution >= 4 is 11.6 Å². The summed E-state index contributed by atoms with van der Waals surface area (Å²) in [6.07, 6.45) is 1.99. The molecule has 1 heterocycles. The number of rotatable bonds is 5. The molecule has 0 aromatic heterocycles. The molecular formula is C21H25FN2O2. The lowest BCUT2D eigenvalue weighted by Gasteiger charge is -2.33. The number of halogens is 1. The van der Waals surface area contributed by atoms with Gasteiger partial charge in [0.15, 0.2) is 0 Å². The molecule has 1 aliphatic heterocycles. The highest BCUT2D eigenvalue weighted by Crippen LogP contribution is 2.24. The average molecular weight is 356 g/mol. The van der Waals surface area contributed by atoms with Gasteiger partial charge >= 0.3 is 0 Å². The van der Waals surface area contributed by atoms with Crippen LogP contribution in [0.1, 0.15) is 23.2 Å². The number of hydrogen-bond donors (Lipinski definition) is 0. The summed E-state index contributed by atoms with van der Waals surface area (Å²) in [5, 5.41) is 0. The molecular weight excluding hydrogens is 331 g/mol. The maximum Gasteiger partial charge on any atom is 0.255 e. The zero-order chi connectivity index (χ0) is 18.5. The lowest BCUT2D eigenvalue weighted by Crippen LogP contribution is -2.42. The van der Waals surface area contributed by atoms with E-state index < -0.39 is 0 Å². The average Bonchev–Trinajstić information content (AvgIpc) is 2.67. The Hall–Kier alpha value is -2.56. The molecule has 26 heavy (non-hydrogen) atoms. The van der Waals surface area contributed by atoms with Crippen LogP contribution < -0.4 is 9.64 Å². The summed E-state index contributed by atoms with van der Waals surface area (Å²) >= 11 is 0. The number of likely N-dealkylation sites (tertiary alicyclic amines) is 1. The first-order valence-corrected chi connectivity index (χ1v) is 8.98. The molecule has 0 aliphatic carbocycles. The van der Waals surface area contributed by atoms with Crippen molar-refractivity contribution in [1.82, 2.24) is 4.90 Å². The fourth-order valence-electron chi connectivity index (χ4n) is 3.35. The van der Waals surface area contributed by atoms with E-state index >= 15 is 0 Å². The number of nitrogens with zero attached hydrogens (tertiary/aromatic N) is 2. The fraction of sp³-hybridized carbons (Fsp3) is 0.381. The Morgan fingerprint density at radius 3 is 2.65 bits per heavy atom. The summed E-state index contributed by atoms with van der Waals surface area (Å²) in [5.41, 5.74) is 1.67. The fourth-order valence-corrected chi connectivity index (χ4v) is 3.35. The van der Waals surface area contributed by atoms with Gasteiger partial charge in [0, 0.05) is 38.8 Å². The molecule has 1 fully saturated rings. The molecule has 0 radical (unpaired) electrons. The zero-order valence-electron chi connectivity index (χ0n) is 15.3. The highest BCUT2D eigenvalue weighted by Gasteiger charge is 2.26. The van der Waals surface area contributed by atoms with E-state index in [1.54, 1.807) is 12.1 Å². The SMILES string of the molecule is CN(C)c1ccccc1C(=O)N1CCC[C@@H](COc2ccc(F)cc2)C1. The van der Waals surface area contributed by atoms with Crippen LogP contribution in [0.15, 0.2) is 48.5 Å². The number of piperidine rings is 1. The van der Waals surface area contributed by atoms with Gasteiger partial charge in [-0.05, 0) is 49.2 Å². The number of para-hydroxylation sites is 1. The molecule has 3 rings (SSSR count). The van der Waals surface area contributed by atoms with Gasteiger partial charge < -0.3 is 14.5 Å². The van der Waals surface area contributed by atoms with E-state index in [2.05, 4.69) is 0 Å². The maximum absolute atomic E-state index is 13.0. The van der Waals surface area contributed by atoms with Crippen LogP contribution in [0.2, 0.25) is 0 Å². The van der Waals surface area contributed by atoms with E-state index in [1.807, 2.05) is 48.2 Å². The molecule has 0 N–H and O–H groups in total. The number of carbonyl (C=O) groups is 1. The van der Waals surface area contributed by atoms with Gasteiger partial charge in [0.05, 0.1) is 12.2 Å². The predicted molar refractivity (Wildman–Crippen MR) is 101 cm³/mol. The quantitative estimate of drug-likeness (QED) is 0.816. The molecule has 0 spiro atoms. The molecule has 0 bridgehead atoms. The lowest BCUT2D eigenvalue weighted by atomic mass is 9.98. The van der Waals surface area contributed by atoms with E-state index in [1.165, 1.54) is 12.1 Å². The molecule has 1 aliphatic rings. The summed E-state index contributed by atoms with van der Waals surface area (Å²) in [7, 11) is 3.89. The molecule has 4 nitrogen and oxygen atoms in total. The van der Waals surface area contributed by atoms with Crippen LogP contribution in [0, 0.1) is 11.7 Å². The van der Waals surface area contributed by atoms with E-state index in [4.69, 9.17) is 4.74 Å². The van der Waals surface area contributed by atoms with E-state index in [0.717, 1.165) is 30.6 Å². The molecule has 1 saturated heterocycles. The number of hydrogen-bond acceptors (Lipinski definition) is 3. The number of amides is 1. The Morgan fingerprint density at radius 2 is 1.92 bits per heavy atom. The molecule has 138 valence electrons. The summed E-state index contributed by atoms with van der Waals surface area (Å²) in [6, 6.07) is 13.8. The van der Waals surface area contributed by atoms with E-state index in [-0.39, 0.29) is 17.6 Å². The normalized spacial score (nSPS) is 17.0.